The molecule has 3 heterocycles. The predicted molar refractivity (Wildman–Crippen MR) is 85.0 cm³/mol. The van der Waals surface area contributed by atoms with Crippen molar-refractivity contribution >= 4 is 17.8 Å². The molecular weight excluding hydrogens is 312 g/mol. The molecule has 7 nitrogen and oxygen atoms in total. The standard InChI is InChI=1S/C17H24N2O5/c1-4-5-17(2,3)6-13-14(20)18(7-11-9-23-11)16(22)19(15(13)21)8-12-10-24-12/h4,11-13H,1,5-10H2,2-3H3. The van der Waals surface area contributed by atoms with Gasteiger partial charge in [-0.1, -0.05) is 19.9 Å². The van der Waals surface area contributed by atoms with Crippen LogP contribution in [0.4, 0.5) is 4.79 Å². The van der Waals surface area contributed by atoms with Crippen molar-refractivity contribution in [3.8, 4) is 0 Å². The van der Waals surface area contributed by atoms with Crippen LogP contribution in [0.2, 0.25) is 0 Å². The van der Waals surface area contributed by atoms with Gasteiger partial charge in [-0.25, -0.2) is 4.79 Å². The largest absolute Gasteiger partial charge is 0.371 e. The van der Waals surface area contributed by atoms with E-state index in [9.17, 15) is 14.4 Å². The Hall–Kier alpha value is -1.73. The van der Waals surface area contributed by atoms with Crippen molar-refractivity contribution in [1.82, 2.24) is 9.80 Å². The van der Waals surface area contributed by atoms with Gasteiger partial charge in [-0.2, -0.15) is 0 Å². The number of epoxide rings is 2. The van der Waals surface area contributed by atoms with E-state index in [4.69, 9.17) is 9.47 Å². The highest BCUT2D eigenvalue weighted by Crippen LogP contribution is 2.34. The lowest BCUT2D eigenvalue weighted by Crippen LogP contribution is -2.61. The van der Waals surface area contributed by atoms with Crippen molar-refractivity contribution < 1.29 is 23.9 Å². The minimum Gasteiger partial charge on any atom is -0.371 e. The second-order valence-corrected chi connectivity index (χ2v) is 7.50. The molecule has 0 spiro atoms. The number of amides is 4. The monoisotopic (exact) mass is 336 g/mol. The van der Waals surface area contributed by atoms with Crippen LogP contribution in [-0.4, -0.2) is 66.2 Å². The highest BCUT2D eigenvalue weighted by molar-refractivity contribution is 6.16. The summed E-state index contributed by atoms with van der Waals surface area (Å²) in [5, 5.41) is 0. The number of urea groups is 1. The third-order valence-corrected chi connectivity index (χ3v) is 4.62. The molecule has 0 aliphatic carbocycles. The number of nitrogens with zero attached hydrogens (tertiary/aromatic N) is 2. The van der Waals surface area contributed by atoms with Crippen LogP contribution in [0.1, 0.15) is 26.7 Å². The molecule has 7 heteroatoms. The number of rotatable bonds is 8. The number of hydrogen-bond acceptors (Lipinski definition) is 5. The average molecular weight is 336 g/mol. The maximum Gasteiger partial charge on any atom is 0.333 e. The molecule has 3 aliphatic heterocycles. The Morgan fingerprint density at radius 3 is 1.92 bits per heavy atom. The Labute approximate surface area is 141 Å². The summed E-state index contributed by atoms with van der Waals surface area (Å²) in [7, 11) is 0. The van der Waals surface area contributed by atoms with E-state index in [0.717, 1.165) is 0 Å². The van der Waals surface area contributed by atoms with E-state index in [-0.39, 0.29) is 30.7 Å². The summed E-state index contributed by atoms with van der Waals surface area (Å²) in [6.07, 6.45) is 2.65. The minimum absolute atomic E-state index is 0.105. The number of ether oxygens (including phenoxy) is 2. The first-order chi connectivity index (χ1) is 11.3. The highest BCUT2D eigenvalue weighted by Gasteiger charge is 2.49. The van der Waals surface area contributed by atoms with E-state index < -0.39 is 23.8 Å². The SMILES string of the molecule is C=CCC(C)(C)CC1C(=O)N(CC2CO2)C(=O)N(CC2CO2)C1=O. The number of carbonyl (C=O) groups is 3. The van der Waals surface area contributed by atoms with Gasteiger partial charge in [0.15, 0.2) is 0 Å². The van der Waals surface area contributed by atoms with Gasteiger partial charge in [0.2, 0.25) is 11.8 Å². The molecule has 2 atom stereocenters. The quantitative estimate of drug-likeness (QED) is 0.378. The van der Waals surface area contributed by atoms with Crippen LogP contribution in [0, 0.1) is 11.3 Å². The maximum atomic E-state index is 12.8. The number of carbonyl (C=O) groups excluding carboxylic acids is 3. The van der Waals surface area contributed by atoms with E-state index in [1.54, 1.807) is 6.08 Å². The topological polar surface area (TPSA) is 82.8 Å². The Morgan fingerprint density at radius 1 is 1.08 bits per heavy atom. The maximum absolute atomic E-state index is 12.8. The molecule has 0 aromatic carbocycles. The summed E-state index contributed by atoms with van der Waals surface area (Å²) >= 11 is 0. The fourth-order valence-electron chi connectivity index (χ4n) is 3.11. The first-order valence-corrected chi connectivity index (χ1v) is 8.33. The number of imide groups is 2. The van der Waals surface area contributed by atoms with Crippen LogP contribution in [0.25, 0.3) is 0 Å². The second kappa shape index (κ2) is 6.29. The minimum atomic E-state index is -0.838. The Bertz CT molecular complexity index is 529. The smallest absolute Gasteiger partial charge is 0.333 e. The van der Waals surface area contributed by atoms with Gasteiger partial charge in [0, 0.05) is 0 Å². The van der Waals surface area contributed by atoms with Gasteiger partial charge in [-0.3, -0.25) is 19.4 Å². The molecule has 24 heavy (non-hydrogen) atoms. The van der Waals surface area contributed by atoms with Gasteiger partial charge in [0.05, 0.1) is 38.5 Å². The molecule has 132 valence electrons. The fourth-order valence-corrected chi connectivity index (χ4v) is 3.11. The number of barbiturate groups is 1. The van der Waals surface area contributed by atoms with Crippen LogP contribution in [0.5, 0.6) is 0 Å². The van der Waals surface area contributed by atoms with E-state index in [0.29, 0.717) is 26.1 Å². The Balaban J connectivity index is 1.81. The molecule has 0 aromatic rings. The van der Waals surface area contributed by atoms with Crippen LogP contribution >= 0.6 is 0 Å². The van der Waals surface area contributed by atoms with Crippen molar-refractivity contribution in [1.29, 1.82) is 0 Å². The first-order valence-electron chi connectivity index (χ1n) is 8.33. The first kappa shape index (κ1) is 17.1. The highest BCUT2D eigenvalue weighted by atomic mass is 16.6. The van der Waals surface area contributed by atoms with Gasteiger partial charge >= 0.3 is 6.03 Å². The zero-order valence-corrected chi connectivity index (χ0v) is 14.2. The Kier molecular flexibility index (Phi) is 4.48. The van der Waals surface area contributed by atoms with Crippen molar-refractivity contribution in [2.24, 2.45) is 11.3 Å². The molecule has 3 rings (SSSR count). The van der Waals surface area contributed by atoms with E-state index in [2.05, 4.69) is 6.58 Å². The molecule has 0 saturated carbocycles. The predicted octanol–water partition coefficient (Wildman–Crippen LogP) is 1.18. The molecule has 0 N–H and O–H groups in total. The number of hydrogen-bond donors (Lipinski definition) is 0. The summed E-state index contributed by atoms with van der Waals surface area (Å²) in [5.41, 5.74) is -0.248. The third kappa shape index (κ3) is 3.67. The molecule has 3 saturated heterocycles. The summed E-state index contributed by atoms with van der Waals surface area (Å²) in [4.78, 5) is 40.5. The van der Waals surface area contributed by atoms with Crippen molar-refractivity contribution in [2.45, 2.75) is 38.9 Å². The molecule has 2 unspecified atom stereocenters. The molecule has 0 aromatic heterocycles. The van der Waals surface area contributed by atoms with Gasteiger partial charge < -0.3 is 9.47 Å². The molecule has 3 aliphatic rings. The van der Waals surface area contributed by atoms with Crippen LogP contribution in [0.15, 0.2) is 12.7 Å². The summed E-state index contributed by atoms with van der Waals surface area (Å²) in [6, 6.07) is -0.547. The van der Waals surface area contributed by atoms with Crippen LogP contribution in [-0.2, 0) is 19.1 Å². The van der Waals surface area contributed by atoms with Gasteiger partial charge in [0.1, 0.15) is 5.92 Å². The lowest BCUT2D eigenvalue weighted by Gasteiger charge is -2.39. The Morgan fingerprint density at radius 2 is 1.54 bits per heavy atom. The zero-order valence-electron chi connectivity index (χ0n) is 14.2. The van der Waals surface area contributed by atoms with Gasteiger partial charge in [0.25, 0.3) is 0 Å². The molecular formula is C17H24N2O5. The van der Waals surface area contributed by atoms with Crippen molar-refractivity contribution in [3.05, 3.63) is 12.7 Å². The van der Waals surface area contributed by atoms with Crippen molar-refractivity contribution in [2.75, 3.05) is 26.3 Å². The lowest BCUT2D eigenvalue weighted by atomic mass is 9.78. The average Bonchev–Trinajstić information content (AvgIpc) is 3.40. The van der Waals surface area contributed by atoms with Crippen molar-refractivity contribution in [3.63, 3.8) is 0 Å². The molecule has 3 fully saturated rings. The van der Waals surface area contributed by atoms with E-state index in [1.165, 1.54) is 9.80 Å². The normalized spacial score (nSPS) is 29.9. The lowest BCUT2D eigenvalue weighted by molar-refractivity contribution is -0.151. The third-order valence-electron chi connectivity index (χ3n) is 4.62. The van der Waals surface area contributed by atoms with E-state index >= 15 is 0 Å². The summed E-state index contributed by atoms with van der Waals surface area (Å²) in [5.74, 6) is -1.66. The zero-order chi connectivity index (χ0) is 17.5. The second-order valence-electron chi connectivity index (χ2n) is 7.50. The van der Waals surface area contributed by atoms with Gasteiger partial charge in [-0.15, -0.1) is 6.58 Å². The van der Waals surface area contributed by atoms with Crippen LogP contribution in [0.3, 0.4) is 0 Å². The van der Waals surface area contributed by atoms with Gasteiger partial charge in [-0.05, 0) is 18.3 Å². The number of allylic oxidation sites excluding steroid dienone is 1. The summed E-state index contributed by atoms with van der Waals surface area (Å²) < 4.78 is 10.3. The molecule has 0 radical (unpaired) electrons. The van der Waals surface area contributed by atoms with E-state index in [1.807, 2.05) is 13.8 Å². The summed E-state index contributed by atoms with van der Waals surface area (Å²) in [6.45, 7) is 9.24. The molecule has 4 amide bonds. The van der Waals surface area contributed by atoms with Crippen LogP contribution < -0.4 is 0 Å². The fraction of sp³-hybridized carbons (Fsp3) is 0.706. The molecule has 0 bridgehead atoms.